The Kier molecular flexibility index (Phi) is 6.40. The summed E-state index contributed by atoms with van der Waals surface area (Å²) in [7, 11) is 1.73. The lowest BCUT2D eigenvalue weighted by molar-refractivity contribution is -0.118. The van der Waals surface area contributed by atoms with Gasteiger partial charge in [0.1, 0.15) is 0 Å². The highest BCUT2D eigenvalue weighted by Crippen LogP contribution is 2.19. The Morgan fingerprint density at radius 2 is 2.38 bits per heavy atom. The molecule has 3 N–H and O–H groups in total. The van der Waals surface area contributed by atoms with E-state index in [9.17, 15) is 4.79 Å². The van der Waals surface area contributed by atoms with Crippen LogP contribution in [0.5, 0.6) is 0 Å². The molecule has 1 aliphatic heterocycles. The van der Waals surface area contributed by atoms with Crippen molar-refractivity contribution in [2.75, 3.05) is 32.1 Å². The fourth-order valence-electron chi connectivity index (χ4n) is 2.68. The topological polar surface area (TPSA) is 67.6 Å². The van der Waals surface area contributed by atoms with E-state index in [1.807, 2.05) is 24.3 Å². The molecule has 116 valence electrons. The summed E-state index contributed by atoms with van der Waals surface area (Å²) in [5.41, 5.74) is 6.66. The lowest BCUT2D eigenvalue weighted by Gasteiger charge is -2.37. The van der Waals surface area contributed by atoms with Crippen LogP contribution in [0.4, 0.5) is 5.69 Å². The maximum absolute atomic E-state index is 12.2. The first-order valence-electron chi connectivity index (χ1n) is 7.14. The number of likely N-dealkylation sites (tertiary alicyclic amines) is 1. The number of halogens is 1. The first-order valence-corrected chi connectivity index (χ1v) is 8.22. The number of hydrogen-bond donors (Lipinski definition) is 2. The Bertz CT molecular complexity index is 484. The van der Waals surface area contributed by atoms with Crippen molar-refractivity contribution < 1.29 is 9.53 Å². The van der Waals surface area contributed by atoms with Crippen LogP contribution in [0.1, 0.15) is 12.8 Å². The van der Waals surface area contributed by atoms with Crippen LogP contribution < -0.4 is 11.1 Å². The van der Waals surface area contributed by atoms with Gasteiger partial charge in [0.05, 0.1) is 12.6 Å². The van der Waals surface area contributed by atoms with Gasteiger partial charge in [-0.3, -0.25) is 9.69 Å². The molecule has 1 aromatic carbocycles. The van der Waals surface area contributed by atoms with E-state index in [1.165, 1.54) is 0 Å². The van der Waals surface area contributed by atoms with E-state index < -0.39 is 0 Å². The van der Waals surface area contributed by atoms with Crippen molar-refractivity contribution >= 4 is 34.2 Å². The fraction of sp³-hybridized carbons (Fsp3) is 0.533. The molecule has 1 heterocycles. The van der Waals surface area contributed by atoms with Crippen LogP contribution in [-0.2, 0) is 9.53 Å². The highest BCUT2D eigenvalue weighted by Gasteiger charge is 2.28. The van der Waals surface area contributed by atoms with Gasteiger partial charge in [-0.05, 0) is 53.6 Å². The molecule has 1 fully saturated rings. The summed E-state index contributed by atoms with van der Waals surface area (Å²) >= 11 is 2.23. The summed E-state index contributed by atoms with van der Waals surface area (Å²) in [5.74, 6) is 0.00585. The highest BCUT2D eigenvalue weighted by atomic mass is 127. The SMILES string of the molecule is COC1CCN(CC(=O)Nc2cccc(I)c2)C(CN)C1. The molecular formula is C15H22IN3O2. The second kappa shape index (κ2) is 8.07. The molecule has 0 aliphatic carbocycles. The van der Waals surface area contributed by atoms with Gasteiger partial charge in [0.2, 0.25) is 5.91 Å². The second-order valence-electron chi connectivity index (χ2n) is 5.30. The first-order chi connectivity index (χ1) is 10.1. The number of rotatable bonds is 5. The Balaban J connectivity index is 1.89. The zero-order valence-corrected chi connectivity index (χ0v) is 14.4. The smallest absolute Gasteiger partial charge is 0.238 e. The highest BCUT2D eigenvalue weighted by molar-refractivity contribution is 14.1. The maximum Gasteiger partial charge on any atom is 0.238 e. The van der Waals surface area contributed by atoms with Gasteiger partial charge in [-0.25, -0.2) is 0 Å². The van der Waals surface area contributed by atoms with E-state index >= 15 is 0 Å². The molecule has 5 nitrogen and oxygen atoms in total. The fourth-order valence-corrected chi connectivity index (χ4v) is 3.22. The minimum absolute atomic E-state index is 0.00585. The van der Waals surface area contributed by atoms with Crippen molar-refractivity contribution in [3.05, 3.63) is 27.8 Å². The molecule has 2 rings (SSSR count). The Morgan fingerprint density at radius 3 is 3.05 bits per heavy atom. The second-order valence-corrected chi connectivity index (χ2v) is 6.55. The average molecular weight is 403 g/mol. The van der Waals surface area contributed by atoms with E-state index in [4.69, 9.17) is 10.5 Å². The van der Waals surface area contributed by atoms with Gasteiger partial charge < -0.3 is 15.8 Å². The number of carbonyl (C=O) groups excluding carboxylic acids is 1. The van der Waals surface area contributed by atoms with E-state index in [0.717, 1.165) is 28.6 Å². The molecule has 0 aromatic heterocycles. The molecule has 2 atom stereocenters. The number of nitrogens with zero attached hydrogens (tertiary/aromatic N) is 1. The zero-order valence-electron chi connectivity index (χ0n) is 12.2. The number of nitrogens with two attached hydrogens (primary N) is 1. The predicted molar refractivity (Wildman–Crippen MR) is 92.2 cm³/mol. The summed E-state index contributed by atoms with van der Waals surface area (Å²) in [6.45, 7) is 1.78. The molecule has 21 heavy (non-hydrogen) atoms. The lowest BCUT2D eigenvalue weighted by atomic mass is 9.99. The van der Waals surface area contributed by atoms with Crippen LogP contribution in [0.2, 0.25) is 0 Å². The van der Waals surface area contributed by atoms with Crippen molar-refractivity contribution in [3.63, 3.8) is 0 Å². The molecule has 6 heteroatoms. The Hall–Kier alpha value is -0.700. The van der Waals surface area contributed by atoms with Crippen molar-refractivity contribution in [2.45, 2.75) is 25.0 Å². The minimum atomic E-state index is 0.00585. The standard InChI is InChI=1S/C15H22IN3O2/c1-21-14-5-6-19(13(8-14)9-17)10-15(20)18-12-4-2-3-11(16)7-12/h2-4,7,13-14H,5-6,8-10,17H2,1H3,(H,18,20). The molecular weight excluding hydrogens is 381 g/mol. The van der Waals surface area contributed by atoms with Gasteiger partial charge in [0.15, 0.2) is 0 Å². The third-order valence-corrected chi connectivity index (χ3v) is 4.52. The maximum atomic E-state index is 12.2. The number of methoxy groups -OCH3 is 1. The number of benzene rings is 1. The van der Waals surface area contributed by atoms with Crippen LogP contribution in [0, 0.1) is 3.57 Å². The normalized spacial score (nSPS) is 23.0. The summed E-state index contributed by atoms with van der Waals surface area (Å²) in [4.78, 5) is 14.3. The summed E-state index contributed by atoms with van der Waals surface area (Å²) in [5, 5.41) is 2.94. The average Bonchev–Trinajstić information content (AvgIpc) is 2.47. The molecule has 0 bridgehead atoms. The number of amides is 1. The number of hydrogen-bond acceptors (Lipinski definition) is 4. The van der Waals surface area contributed by atoms with Crippen molar-refractivity contribution in [1.29, 1.82) is 0 Å². The van der Waals surface area contributed by atoms with Crippen LogP contribution in [0.15, 0.2) is 24.3 Å². The molecule has 0 radical (unpaired) electrons. The van der Waals surface area contributed by atoms with E-state index in [1.54, 1.807) is 7.11 Å². The van der Waals surface area contributed by atoms with Crippen LogP contribution in [0.25, 0.3) is 0 Å². The zero-order chi connectivity index (χ0) is 15.2. The molecule has 0 spiro atoms. The predicted octanol–water partition coefficient (Wildman–Crippen LogP) is 1.67. The minimum Gasteiger partial charge on any atom is -0.381 e. The largest absolute Gasteiger partial charge is 0.381 e. The summed E-state index contributed by atoms with van der Waals surface area (Å²) in [6.07, 6.45) is 2.10. The monoisotopic (exact) mass is 403 g/mol. The summed E-state index contributed by atoms with van der Waals surface area (Å²) in [6, 6.07) is 8.00. The van der Waals surface area contributed by atoms with Crippen molar-refractivity contribution in [1.82, 2.24) is 4.90 Å². The molecule has 1 amide bonds. The summed E-state index contributed by atoms with van der Waals surface area (Å²) < 4.78 is 6.50. The van der Waals surface area contributed by atoms with Crippen LogP contribution >= 0.6 is 22.6 Å². The van der Waals surface area contributed by atoms with Gasteiger partial charge in [0, 0.05) is 35.5 Å². The molecule has 0 saturated carbocycles. The Morgan fingerprint density at radius 1 is 1.57 bits per heavy atom. The van der Waals surface area contributed by atoms with Gasteiger partial charge >= 0.3 is 0 Å². The van der Waals surface area contributed by atoms with Gasteiger partial charge in [-0.2, -0.15) is 0 Å². The Labute approximate surface area is 139 Å². The van der Waals surface area contributed by atoms with Crippen LogP contribution in [-0.4, -0.2) is 49.7 Å². The third kappa shape index (κ3) is 4.91. The van der Waals surface area contributed by atoms with E-state index in [-0.39, 0.29) is 18.1 Å². The van der Waals surface area contributed by atoms with Crippen molar-refractivity contribution in [3.8, 4) is 0 Å². The lowest BCUT2D eigenvalue weighted by Crippen LogP contribution is -2.50. The molecule has 1 aliphatic rings. The molecule has 1 aromatic rings. The van der Waals surface area contributed by atoms with Crippen molar-refractivity contribution in [2.24, 2.45) is 5.73 Å². The van der Waals surface area contributed by atoms with Gasteiger partial charge in [0.25, 0.3) is 0 Å². The number of anilines is 1. The van der Waals surface area contributed by atoms with E-state index in [0.29, 0.717) is 13.1 Å². The number of nitrogens with one attached hydrogen (secondary N) is 1. The van der Waals surface area contributed by atoms with Gasteiger partial charge in [-0.1, -0.05) is 6.07 Å². The third-order valence-electron chi connectivity index (χ3n) is 3.85. The molecule has 2 unspecified atom stereocenters. The quantitative estimate of drug-likeness (QED) is 0.735. The van der Waals surface area contributed by atoms with Crippen LogP contribution in [0.3, 0.4) is 0 Å². The number of ether oxygens (including phenoxy) is 1. The van der Waals surface area contributed by atoms with E-state index in [2.05, 4.69) is 32.8 Å². The molecule has 1 saturated heterocycles. The first kappa shape index (κ1) is 16.7. The number of carbonyl (C=O) groups is 1. The number of piperidine rings is 1. The van der Waals surface area contributed by atoms with Gasteiger partial charge in [-0.15, -0.1) is 0 Å².